The number of carbonyl (C=O) groups excluding carboxylic acids is 1. The molecule has 4 aromatic rings. The van der Waals surface area contributed by atoms with E-state index in [-0.39, 0.29) is 5.78 Å². The first kappa shape index (κ1) is 11.8. The van der Waals surface area contributed by atoms with Gasteiger partial charge in [0, 0.05) is 38.8 Å². The number of nitrogens with zero attached hydrogens (tertiary/aromatic N) is 2. The molecule has 0 aliphatic carbocycles. The molecule has 0 amide bonds. The van der Waals surface area contributed by atoms with Crippen LogP contribution in [-0.4, -0.2) is 15.2 Å². The molecule has 0 fully saturated rings. The number of hydrogen-bond donors (Lipinski definition) is 0. The van der Waals surface area contributed by atoms with Crippen molar-refractivity contribution in [3.63, 3.8) is 0 Å². The first-order chi connectivity index (χ1) is 9.81. The highest BCUT2D eigenvalue weighted by molar-refractivity contribution is 7.17. The number of carbonyl (C=O) groups is 1. The summed E-state index contributed by atoms with van der Waals surface area (Å²) < 4.78 is 3.11. The summed E-state index contributed by atoms with van der Waals surface area (Å²) in [5.41, 5.74) is 1.64. The molecule has 0 spiro atoms. The number of fused-ring (bicyclic) bond motifs is 2. The fourth-order valence-electron chi connectivity index (χ4n) is 2.31. The van der Waals surface area contributed by atoms with E-state index in [1.54, 1.807) is 22.7 Å². The average molecular weight is 298 g/mol. The zero-order chi connectivity index (χ0) is 13.5. The lowest BCUT2D eigenvalue weighted by Crippen LogP contribution is -2.02. The van der Waals surface area contributed by atoms with Gasteiger partial charge in [-0.1, -0.05) is 18.2 Å². The van der Waals surface area contributed by atoms with Gasteiger partial charge < -0.3 is 0 Å². The van der Waals surface area contributed by atoms with Gasteiger partial charge in [-0.05, 0) is 6.07 Å². The fraction of sp³-hybridized carbons (Fsp3) is 0.0667. The van der Waals surface area contributed by atoms with Crippen LogP contribution in [0, 0.1) is 0 Å². The minimum Gasteiger partial charge on any atom is -0.297 e. The Balaban J connectivity index is 1.68. The van der Waals surface area contributed by atoms with Gasteiger partial charge in [-0.25, -0.2) is 4.98 Å². The second kappa shape index (κ2) is 4.54. The molecule has 5 heteroatoms. The lowest BCUT2D eigenvalue weighted by molar-refractivity contribution is 0.0994. The third-order valence-corrected chi connectivity index (χ3v) is 5.00. The molecule has 0 saturated heterocycles. The fourth-order valence-corrected chi connectivity index (χ4v) is 4.00. The summed E-state index contributed by atoms with van der Waals surface area (Å²) >= 11 is 3.19. The Hall–Kier alpha value is -1.98. The summed E-state index contributed by atoms with van der Waals surface area (Å²) in [6.07, 6.45) is 4.24. The number of thiazole rings is 1. The Bertz CT molecular complexity index is 888. The second-order valence-corrected chi connectivity index (χ2v) is 6.35. The highest BCUT2D eigenvalue weighted by atomic mass is 32.1. The largest absolute Gasteiger partial charge is 0.297 e. The van der Waals surface area contributed by atoms with Gasteiger partial charge in [-0.2, -0.15) is 0 Å². The van der Waals surface area contributed by atoms with Crippen LogP contribution < -0.4 is 0 Å². The monoisotopic (exact) mass is 298 g/mol. The average Bonchev–Trinajstić information content (AvgIpc) is 3.10. The topological polar surface area (TPSA) is 34.4 Å². The van der Waals surface area contributed by atoms with Gasteiger partial charge in [0.05, 0.1) is 12.1 Å². The quantitative estimate of drug-likeness (QED) is 0.535. The smallest absolute Gasteiger partial charge is 0.193 e. The number of thiophene rings is 1. The Morgan fingerprint density at radius 2 is 2.15 bits per heavy atom. The summed E-state index contributed by atoms with van der Waals surface area (Å²) in [7, 11) is 0. The van der Waals surface area contributed by atoms with Crippen LogP contribution in [-0.2, 0) is 6.42 Å². The standard InChI is InChI=1S/C15H10N2OS2/c18-13(7-10-8-17-5-6-19-15(17)16-10)12-9-20-14-4-2-1-3-11(12)14/h1-6,8-9H,7H2. The molecule has 0 aliphatic rings. The molecule has 3 aromatic heterocycles. The molecule has 0 atom stereocenters. The minimum atomic E-state index is 0.133. The number of ketones is 1. The molecule has 3 heterocycles. The Morgan fingerprint density at radius 1 is 1.25 bits per heavy atom. The van der Waals surface area contributed by atoms with Crippen molar-refractivity contribution >= 4 is 43.5 Å². The van der Waals surface area contributed by atoms with Crippen molar-refractivity contribution in [1.29, 1.82) is 0 Å². The Kier molecular flexibility index (Phi) is 2.68. The van der Waals surface area contributed by atoms with Crippen molar-refractivity contribution in [3.8, 4) is 0 Å². The first-order valence-electron chi connectivity index (χ1n) is 6.22. The molecule has 0 aliphatic heterocycles. The van der Waals surface area contributed by atoms with E-state index in [2.05, 4.69) is 4.98 Å². The first-order valence-corrected chi connectivity index (χ1v) is 7.98. The molecule has 0 unspecified atom stereocenters. The SMILES string of the molecule is O=C(Cc1cn2ccsc2n1)c1csc2ccccc12. The molecule has 3 nitrogen and oxygen atoms in total. The summed E-state index contributed by atoms with van der Waals surface area (Å²) in [5, 5.41) is 4.98. The van der Waals surface area contributed by atoms with Crippen LogP contribution in [0.5, 0.6) is 0 Å². The van der Waals surface area contributed by atoms with Crippen molar-refractivity contribution in [3.05, 3.63) is 58.7 Å². The van der Waals surface area contributed by atoms with Gasteiger partial charge >= 0.3 is 0 Å². The van der Waals surface area contributed by atoms with E-state index in [9.17, 15) is 4.79 Å². The third kappa shape index (κ3) is 1.87. The number of rotatable bonds is 3. The van der Waals surface area contributed by atoms with Gasteiger partial charge in [-0.3, -0.25) is 9.20 Å². The van der Waals surface area contributed by atoms with Gasteiger partial charge in [-0.15, -0.1) is 22.7 Å². The van der Waals surface area contributed by atoms with E-state index in [1.165, 1.54) is 0 Å². The van der Waals surface area contributed by atoms with E-state index in [1.807, 2.05) is 51.8 Å². The van der Waals surface area contributed by atoms with Crippen molar-refractivity contribution in [2.24, 2.45) is 0 Å². The minimum absolute atomic E-state index is 0.133. The molecule has 98 valence electrons. The maximum atomic E-state index is 12.4. The molecule has 0 saturated carbocycles. The van der Waals surface area contributed by atoms with Crippen LogP contribution in [0.4, 0.5) is 0 Å². The lowest BCUT2D eigenvalue weighted by atomic mass is 10.1. The van der Waals surface area contributed by atoms with Gasteiger partial charge in [0.1, 0.15) is 0 Å². The number of benzene rings is 1. The number of hydrogen-bond acceptors (Lipinski definition) is 4. The van der Waals surface area contributed by atoms with Crippen LogP contribution in [0.2, 0.25) is 0 Å². The van der Waals surface area contributed by atoms with Crippen molar-refractivity contribution in [2.45, 2.75) is 6.42 Å². The summed E-state index contributed by atoms with van der Waals surface area (Å²) in [5.74, 6) is 0.133. The molecule has 4 rings (SSSR count). The summed E-state index contributed by atoms with van der Waals surface area (Å²) in [4.78, 5) is 17.8. The highest BCUT2D eigenvalue weighted by Crippen LogP contribution is 2.26. The van der Waals surface area contributed by atoms with Crippen LogP contribution in [0.1, 0.15) is 16.1 Å². The summed E-state index contributed by atoms with van der Waals surface area (Å²) in [6, 6.07) is 8.02. The third-order valence-electron chi connectivity index (χ3n) is 3.27. The van der Waals surface area contributed by atoms with E-state index < -0.39 is 0 Å². The maximum absolute atomic E-state index is 12.4. The van der Waals surface area contributed by atoms with Gasteiger partial charge in [0.2, 0.25) is 0 Å². The number of imidazole rings is 1. The zero-order valence-corrected chi connectivity index (χ0v) is 12.1. The van der Waals surface area contributed by atoms with Crippen LogP contribution in [0.15, 0.2) is 47.4 Å². The van der Waals surface area contributed by atoms with Crippen molar-refractivity contribution in [2.75, 3.05) is 0 Å². The van der Waals surface area contributed by atoms with E-state index in [4.69, 9.17) is 0 Å². The van der Waals surface area contributed by atoms with E-state index in [0.717, 1.165) is 26.3 Å². The van der Waals surface area contributed by atoms with E-state index in [0.29, 0.717) is 6.42 Å². The molecule has 1 aromatic carbocycles. The number of Topliss-reactive ketones (excluding diaryl/α,β-unsaturated/α-hetero) is 1. The maximum Gasteiger partial charge on any atom is 0.193 e. The highest BCUT2D eigenvalue weighted by Gasteiger charge is 2.14. The van der Waals surface area contributed by atoms with Crippen LogP contribution >= 0.6 is 22.7 Å². The molecule has 20 heavy (non-hydrogen) atoms. The molecular weight excluding hydrogens is 288 g/mol. The van der Waals surface area contributed by atoms with Gasteiger partial charge in [0.15, 0.2) is 10.7 Å². The lowest BCUT2D eigenvalue weighted by Gasteiger charge is -1.97. The zero-order valence-electron chi connectivity index (χ0n) is 10.4. The molecule has 0 N–H and O–H groups in total. The van der Waals surface area contributed by atoms with Crippen molar-refractivity contribution in [1.82, 2.24) is 9.38 Å². The van der Waals surface area contributed by atoms with E-state index >= 15 is 0 Å². The van der Waals surface area contributed by atoms with Gasteiger partial charge in [0.25, 0.3) is 0 Å². The van der Waals surface area contributed by atoms with Crippen LogP contribution in [0.3, 0.4) is 0 Å². The van der Waals surface area contributed by atoms with Crippen LogP contribution in [0.25, 0.3) is 15.0 Å². The molecular formula is C15H10N2OS2. The molecule has 0 bridgehead atoms. The Morgan fingerprint density at radius 3 is 3.05 bits per heavy atom. The molecule has 0 radical (unpaired) electrons. The normalized spacial score (nSPS) is 11.4. The Labute approximate surface area is 123 Å². The van der Waals surface area contributed by atoms with Crippen molar-refractivity contribution < 1.29 is 4.79 Å². The summed E-state index contributed by atoms with van der Waals surface area (Å²) in [6.45, 7) is 0. The second-order valence-electron chi connectivity index (χ2n) is 4.57. The predicted molar refractivity (Wildman–Crippen MR) is 82.9 cm³/mol. The number of aromatic nitrogens is 2. The predicted octanol–water partition coefficient (Wildman–Crippen LogP) is 4.04.